The van der Waals surface area contributed by atoms with Crippen molar-refractivity contribution in [3.05, 3.63) is 52.8 Å². The number of amides is 3. The van der Waals surface area contributed by atoms with Crippen LogP contribution in [0.2, 0.25) is 5.15 Å². The van der Waals surface area contributed by atoms with Gasteiger partial charge in [0.1, 0.15) is 23.6 Å². The summed E-state index contributed by atoms with van der Waals surface area (Å²) in [6.45, 7) is 1.82. The van der Waals surface area contributed by atoms with Gasteiger partial charge in [-0.1, -0.05) is 29.3 Å². The maximum atomic E-state index is 13.4. The Kier molecular flexibility index (Phi) is 5.28. The number of nitrogens with zero attached hydrogens (tertiary/aromatic N) is 4. The van der Waals surface area contributed by atoms with Crippen LogP contribution in [0.3, 0.4) is 0 Å². The SMILES string of the molecule is Cc1ccc2c(c1)c(C(N)=O)nn2CC(=O)N1[C@@H]2CC[C@@H](C2)[C@H]1C(=O)Nc1cccc(Cl)n1. The first kappa shape index (κ1) is 21.4. The van der Waals surface area contributed by atoms with Crippen molar-refractivity contribution in [3.63, 3.8) is 0 Å². The molecule has 2 fully saturated rings. The molecule has 2 aliphatic rings. The summed E-state index contributed by atoms with van der Waals surface area (Å²) in [5.41, 5.74) is 7.25. The second-order valence-corrected chi connectivity index (χ2v) is 9.09. The molecule has 1 saturated carbocycles. The first-order valence-corrected chi connectivity index (χ1v) is 11.2. The van der Waals surface area contributed by atoms with Crippen LogP contribution in [0.15, 0.2) is 36.4 Å². The van der Waals surface area contributed by atoms with E-state index in [2.05, 4.69) is 15.4 Å². The number of carbonyl (C=O) groups is 3. The van der Waals surface area contributed by atoms with Crippen molar-refractivity contribution in [2.24, 2.45) is 11.7 Å². The number of hydrogen-bond donors (Lipinski definition) is 2. The summed E-state index contributed by atoms with van der Waals surface area (Å²) in [5.74, 6) is -0.701. The van der Waals surface area contributed by atoms with E-state index in [1.165, 1.54) is 4.68 Å². The van der Waals surface area contributed by atoms with Crippen molar-refractivity contribution in [2.45, 2.75) is 44.8 Å². The molecule has 3 aromatic rings. The quantitative estimate of drug-likeness (QED) is 0.559. The van der Waals surface area contributed by atoms with Gasteiger partial charge in [0, 0.05) is 11.4 Å². The fraction of sp³-hybridized carbons (Fsp3) is 0.348. The number of carbonyl (C=O) groups excluding carboxylic acids is 3. The third-order valence-electron chi connectivity index (χ3n) is 6.53. The molecule has 0 unspecified atom stereocenters. The summed E-state index contributed by atoms with van der Waals surface area (Å²) in [7, 11) is 0. The van der Waals surface area contributed by atoms with Crippen LogP contribution in [-0.2, 0) is 16.1 Å². The first-order valence-electron chi connectivity index (χ1n) is 10.8. The highest BCUT2D eigenvalue weighted by atomic mass is 35.5. The fourth-order valence-electron chi connectivity index (χ4n) is 5.17. The van der Waals surface area contributed by atoms with Gasteiger partial charge in [-0.3, -0.25) is 19.1 Å². The predicted octanol–water partition coefficient (Wildman–Crippen LogP) is 2.51. The van der Waals surface area contributed by atoms with Crippen molar-refractivity contribution in [1.29, 1.82) is 0 Å². The van der Waals surface area contributed by atoms with Gasteiger partial charge >= 0.3 is 0 Å². The molecule has 0 spiro atoms. The average molecular weight is 467 g/mol. The molecule has 1 saturated heterocycles. The number of aryl methyl sites for hydroxylation is 1. The zero-order chi connectivity index (χ0) is 23.3. The fourth-order valence-corrected chi connectivity index (χ4v) is 5.33. The van der Waals surface area contributed by atoms with Crippen molar-refractivity contribution in [3.8, 4) is 0 Å². The first-order chi connectivity index (χ1) is 15.8. The van der Waals surface area contributed by atoms with Crippen molar-refractivity contribution < 1.29 is 14.4 Å². The Labute approximate surface area is 194 Å². The second kappa shape index (κ2) is 8.15. The molecule has 1 aliphatic heterocycles. The van der Waals surface area contributed by atoms with E-state index in [1.807, 2.05) is 25.1 Å². The molecule has 0 radical (unpaired) electrons. The number of hydrogen-bond acceptors (Lipinski definition) is 5. The van der Waals surface area contributed by atoms with E-state index in [1.54, 1.807) is 23.1 Å². The summed E-state index contributed by atoms with van der Waals surface area (Å²) in [4.78, 5) is 44.3. The van der Waals surface area contributed by atoms with E-state index in [0.717, 1.165) is 24.8 Å². The van der Waals surface area contributed by atoms with E-state index in [-0.39, 0.29) is 41.2 Å². The third kappa shape index (κ3) is 3.82. The normalized spacial score (nSPS) is 21.5. The number of rotatable bonds is 5. The van der Waals surface area contributed by atoms with Crippen molar-refractivity contribution in [2.75, 3.05) is 5.32 Å². The molecule has 1 aromatic carbocycles. The topological polar surface area (TPSA) is 123 Å². The number of benzene rings is 1. The predicted molar refractivity (Wildman–Crippen MR) is 123 cm³/mol. The lowest BCUT2D eigenvalue weighted by Crippen LogP contribution is -2.52. The molecule has 9 nitrogen and oxygen atoms in total. The third-order valence-corrected chi connectivity index (χ3v) is 6.74. The Morgan fingerprint density at radius 2 is 2.03 bits per heavy atom. The highest BCUT2D eigenvalue weighted by molar-refractivity contribution is 6.29. The Morgan fingerprint density at radius 3 is 2.79 bits per heavy atom. The lowest BCUT2D eigenvalue weighted by Gasteiger charge is -2.34. The molecular weight excluding hydrogens is 444 g/mol. The van der Waals surface area contributed by atoms with Gasteiger partial charge < -0.3 is 16.0 Å². The monoisotopic (exact) mass is 466 g/mol. The number of primary amides is 1. The lowest BCUT2D eigenvalue weighted by atomic mass is 9.97. The Morgan fingerprint density at radius 1 is 1.21 bits per heavy atom. The smallest absolute Gasteiger partial charge is 0.269 e. The van der Waals surface area contributed by atoms with Crippen LogP contribution in [0.5, 0.6) is 0 Å². The summed E-state index contributed by atoms with van der Waals surface area (Å²) >= 11 is 5.93. The van der Waals surface area contributed by atoms with Gasteiger partial charge in [0.25, 0.3) is 5.91 Å². The average Bonchev–Trinajstić information content (AvgIpc) is 3.46. The number of piperidine rings is 1. The van der Waals surface area contributed by atoms with E-state index < -0.39 is 11.9 Å². The van der Waals surface area contributed by atoms with Gasteiger partial charge in [-0.2, -0.15) is 5.10 Å². The number of anilines is 1. The largest absolute Gasteiger partial charge is 0.364 e. The summed E-state index contributed by atoms with van der Waals surface area (Å²) < 4.78 is 1.50. The van der Waals surface area contributed by atoms with Crippen molar-refractivity contribution >= 4 is 46.0 Å². The molecule has 33 heavy (non-hydrogen) atoms. The maximum absolute atomic E-state index is 13.4. The number of fused-ring (bicyclic) bond motifs is 3. The van der Waals surface area contributed by atoms with Crippen molar-refractivity contribution in [1.82, 2.24) is 19.7 Å². The highest BCUT2D eigenvalue weighted by Gasteiger charge is 2.51. The lowest BCUT2D eigenvalue weighted by molar-refractivity contribution is -0.141. The van der Waals surface area contributed by atoms with Gasteiger partial charge in [0.15, 0.2) is 5.69 Å². The molecule has 5 rings (SSSR count). The van der Waals surface area contributed by atoms with Crippen LogP contribution in [0.4, 0.5) is 5.82 Å². The molecule has 10 heteroatoms. The van der Waals surface area contributed by atoms with Gasteiger partial charge in [-0.25, -0.2) is 4.98 Å². The number of likely N-dealkylation sites (tertiary alicyclic amines) is 1. The molecule has 3 heterocycles. The molecule has 2 bridgehead atoms. The molecule has 170 valence electrons. The highest BCUT2D eigenvalue weighted by Crippen LogP contribution is 2.43. The Bertz CT molecular complexity index is 1290. The number of halogens is 1. The van der Waals surface area contributed by atoms with E-state index in [9.17, 15) is 14.4 Å². The zero-order valence-corrected chi connectivity index (χ0v) is 18.7. The van der Waals surface area contributed by atoms with Crippen LogP contribution < -0.4 is 11.1 Å². The summed E-state index contributed by atoms with van der Waals surface area (Å²) in [6, 6.07) is 9.95. The zero-order valence-electron chi connectivity index (χ0n) is 18.0. The van der Waals surface area contributed by atoms with Gasteiger partial charge in [-0.05, 0) is 56.4 Å². The Hall–Kier alpha value is -3.46. The minimum Gasteiger partial charge on any atom is -0.364 e. The Balaban J connectivity index is 1.42. The maximum Gasteiger partial charge on any atom is 0.269 e. The van der Waals surface area contributed by atoms with E-state index in [0.29, 0.717) is 16.7 Å². The van der Waals surface area contributed by atoms with E-state index in [4.69, 9.17) is 17.3 Å². The van der Waals surface area contributed by atoms with Crippen LogP contribution in [0.25, 0.3) is 10.9 Å². The molecule has 3 atom stereocenters. The van der Waals surface area contributed by atoms with Crippen LogP contribution >= 0.6 is 11.6 Å². The van der Waals surface area contributed by atoms with E-state index >= 15 is 0 Å². The van der Waals surface area contributed by atoms with Gasteiger partial charge in [0.2, 0.25) is 11.8 Å². The number of nitrogens with one attached hydrogen (secondary N) is 1. The van der Waals surface area contributed by atoms with Crippen LogP contribution in [0, 0.1) is 12.8 Å². The van der Waals surface area contributed by atoms with Gasteiger partial charge in [-0.15, -0.1) is 0 Å². The molecule has 2 aromatic heterocycles. The summed E-state index contributed by atoms with van der Waals surface area (Å²) in [5, 5.41) is 8.01. The molecule has 1 aliphatic carbocycles. The standard InChI is InChI=1S/C23H23ClN6O3/c1-12-5-8-16-15(9-12)20(22(25)32)28-29(16)11-19(31)30-14-7-6-13(10-14)21(30)23(33)27-18-4-2-3-17(24)26-18/h2-5,8-9,13-14,21H,6-7,10-11H2,1H3,(H2,25,32)(H,26,27,33)/t13-,14+,21-/m0/s1. The number of aromatic nitrogens is 3. The minimum absolute atomic E-state index is 0.00486. The molecule has 3 N–H and O–H groups in total. The second-order valence-electron chi connectivity index (χ2n) is 8.70. The van der Waals surface area contributed by atoms with Crippen LogP contribution in [0.1, 0.15) is 35.3 Å². The molecule has 3 amide bonds. The number of pyridine rings is 1. The van der Waals surface area contributed by atoms with Crippen LogP contribution in [-0.4, -0.2) is 49.5 Å². The summed E-state index contributed by atoms with van der Waals surface area (Å²) in [6.07, 6.45) is 2.55. The van der Waals surface area contributed by atoms with Gasteiger partial charge in [0.05, 0.1) is 5.52 Å². The molecular formula is C23H23ClN6O3. The number of nitrogens with two attached hydrogens (primary N) is 1. The minimum atomic E-state index is -0.650.